The Bertz CT molecular complexity index is 1230. The summed E-state index contributed by atoms with van der Waals surface area (Å²) in [5, 5.41) is 4.88. The highest BCUT2D eigenvalue weighted by Gasteiger charge is 2.31. The summed E-state index contributed by atoms with van der Waals surface area (Å²) in [5.74, 6) is 1.21. The molecule has 0 spiro atoms. The molecule has 1 aliphatic heterocycles. The van der Waals surface area contributed by atoms with Crippen molar-refractivity contribution < 1.29 is 9.26 Å². The van der Waals surface area contributed by atoms with Gasteiger partial charge in [-0.15, -0.1) is 0 Å². The topological polar surface area (TPSA) is 83.8 Å². The minimum absolute atomic E-state index is 0.00397. The molecule has 10 heteroatoms. The Morgan fingerprint density at radius 3 is 2.83 bits per heavy atom. The Balaban J connectivity index is 1.32. The van der Waals surface area contributed by atoms with Crippen LogP contribution in [0.15, 0.2) is 41.4 Å². The average molecular weight is 429 g/mol. The first kappa shape index (κ1) is 18.4. The molecule has 3 aromatic heterocycles. The average Bonchev–Trinajstić information content (AvgIpc) is 3.45. The van der Waals surface area contributed by atoms with Crippen molar-refractivity contribution in [2.24, 2.45) is 7.05 Å². The minimum atomic E-state index is 0.00397. The van der Waals surface area contributed by atoms with Crippen LogP contribution in [0.3, 0.4) is 0 Å². The van der Waals surface area contributed by atoms with Crippen LogP contribution < -0.4 is 0 Å². The Labute approximate surface area is 176 Å². The molecule has 1 saturated heterocycles. The van der Waals surface area contributed by atoms with E-state index in [9.17, 15) is 0 Å². The van der Waals surface area contributed by atoms with E-state index in [1.165, 1.54) is 0 Å². The summed E-state index contributed by atoms with van der Waals surface area (Å²) in [6, 6.07) is 7.72. The summed E-state index contributed by atoms with van der Waals surface area (Å²) in [5.41, 5.74) is 2.52. The molecule has 0 radical (unpaired) electrons. The van der Waals surface area contributed by atoms with Crippen molar-refractivity contribution in [2.45, 2.75) is 25.0 Å². The van der Waals surface area contributed by atoms with Gasteiger partial charge in [-0.1, -0.05) is 41.1 Å². The van der Waals surface area contributed by atoms with Gasteiger partial charge < -0.3 is 18.4 Å². The van der Waals surface area contributed by atoms with Crippen LogP contribution in [-0.2, 0) is 18.3 Å². The maximum Gasteiger partial charge on any atom is 0.246 e. The van der Waals surface area contributed by atoms with E-state index in [0.717, 1.165) is 17.5 Å². The fourth-order valence-corrected chi connectivity index (χ4v) is 4.02. The van der Waals surface area contributed by atoms with E-state index in [1.807, 2.05) is 35.9 Å². The minimum Gasteiger partial charge on any atom is -0.373 e. The van der Waals surface area contributed by atoms with E-state index in [-0.39, 0.29) is 12.0 Å². The summed E-state index contributed by atoms with van der Waals surface area (Å²) in [6.45, 7) is 0.905. The van der Waals surface area contributed by atoms with Gasteiger partial charge in [-0.3, -0.25) is 0 Å². The number of rotatable bonds is 4. The maximum atomic E-state index is 5.97. The molecule has 1 aliphatic rings. The molecule has 29 heavy (non-hydrogen) atoms. The van der Waals surface area contributed by atoms with Gasteiger partial charge in [0.25, 0.3) is 0 Å². The molecule has 148 valence electrons. The van der Waals surface area contributed by atoms with Crippen molar-refractivity contribution in [3.8, 4) is 0 Å². The van der Waals surface area contributed by atoms with Gasteiger partial charge in [-0.05, 0) is 24.1 Å². The van der Waals surface area contributed by atoms with Crippen molar-refractivity contribution in [3.63, 3.8) is 0 Å². The van der Waals surface area contributed by atoms with Crippen molar-refractivity contribution in [2.75, 3.05) is 6.61 Å². The third-order valence-electron chi connectivity index (χ3n) is 5.09. The Hall–Kier alpha value is -2.62. The van der Waals surface area contributed by atoms with E-state index in [0.29, 0.717) is 40.2 Å². The van der Waals surface area contributed by atoms with Crippen LogP contribution in [-0.4, -0.2) is 35.8 Å². The molecular weight excluding hydrogens is 412 g/mol. The molecule has 0 bridgehead atoms. The zero-order valence-corrected chi connectivity index (χ0v) is 17.1. The molecule has 0 amide bonds. The summed E-state index contributed by atoms with van der Waals surface area (Å²) >= 11 is 11.5. The molecule has 1 aromatic carbocycles. The van der Waals surface area contributed by atoms with E-state index >= 15 is 0 Å². The van der Waals surface area contributed by atoms with Crippen LogP contribution in [0, 0.1) is 4.64 Å². The Morgan fingerprint density at radius 2 is 2.00 bits per heavy atom. The van der Waals surface area contributed by atoms with E-state index in [4.69, 9.17) is 33.1 Å². The maximum absolute atomic E-state index is 5.97. The van der Waals surface area contributed by atoms with Gasteiger partial charge in [0.15, 0.2) is 11.5 Å². The van der Waals surface area contributed by atoms with Crippen LogP contribution in [0.5, 0.6) is 0 Å². The third kappa shape index (κ3) is 3.45. The molecular formula is C19H17ClN6O2S. The fourth-order valence-electron chi connectivity index (χ4n) is 3.54. The van der Waals surface area contributed by atoms with Crippen molar-refractivity contribution in [1.82, 2.24) is 29.2 Å². The fraction of sp³-hybridized carbons (Fsp3) is 0.316. The van der Waals surface area contributed by atoms with Gasteiger partial charge in [0.05, 0.1) is 25.4 Å². The number of fused-ring (bicyclic) bond motifs is 1. The second kappa shape index (κ2) is 7.33. The summed E-state index contributed by atoms with van der Waals surface area (Å²) in [7, 11) is 1.89. The quantitative estimate of drug-likeness (QED) is 0.457. The second-order valence-corrected chi connectivity index (χ2v) is 7.88. The zero-order valence-electron chi connectivity index (χ0n) is 15.5. The molecule has 2 atom stereocenters. The summed E-state index contributed by atoms with van der Waals surface area (Å²) in [4.78, 5) is 13.1. The highest BCUT2D eigenvalue weighted by atomic mass is 35.5. The summed E-state index contributed by atoms with van der Waals surface area (Å²) in [6.07, 6.45) is 4.14. The number of halogens is 1. The first-order valence-corrected chi connectivity index (χ1v) is 9.93. The number of aromatic nitrogens is 6. The first-order valence-electron chi connectivity index (χ1n) is 9.14. The molecule has 0 unspecified atom stereocenters. The molecule has 4 heterocycles. The first-order chi connectivity index (χ1) is 14.1. The zero-order chi connectivity index (χ0) is 20.0. The number of ether oxygens (including phenoxy) is 1. The van der Waals surface area contributed by atoms with E-state index in [2.05, 4.69) is 20.1 Å². The normalized spacial score (nSPS) is 19.2. The van der Waals surface area contributed by atoms with Gasteiger partial charge in [0, 0.05) is 18.0 Å². The van der Waals surface area contributed by atoms with E-state index < -0.39 is 0 Å². The lowest BCUT2D eigenvalue weighted by molar-refractivity contribution is 0.110. The number of imidazole rings is 1. The highest BCUT2D eigenvalue weighted by molar-refractivity contribution is 7.71. The van der Waals surface area contributed by atoms with Crippen molar-refractivity contribution >= 4 is 35.0 Å². The van der Waals surface area contributed by atoms with Crippen LogP contribution in [0.4, 0.5) is 0 Å². The molecule has 8 nitrogen and oxygen atoms in total. The van der Waals surface area contributed by atoms with Crippen LogP contribution >= 0.6 is 23.8 Å². The van der Waals surface area contributed by atoms with Crippen LogP contribution in [0.2, 0.25) is 5.02 Å². The highest BCUT2D eigenvalue weighted by Crippen LogP contribution is 2.37. The van der Waals surface area contributed by atoms with Gasteiger partial charge in [0.2, 0.25) is 5.89 Å². The van der Waals surface area contributed by atoms with Gasteiger partial charge in [-0.2, -0.15) is 4.98 Å². The lowest BCUT2D eigenvalue weighted by atomic mass is 10.0. The van der Waals surface area contributed by atoms with Crippen LogP contribution in [0.25, 0.3) is 11.2 Å². The molecule has 0 N–H and O–H groups in total. The number of aryl methyl sites for hydroxylation is 1. The molecule has 4 aromatic rings. The number of nitrogens with zero attached hydrogens (tertiary/aromatic N) is 6. The monoisotopic (exact) mass is 428 g/mol. The molecule has 5 rings (SSSR count). The number of hydrogen-bond acceptors (Lipinski definition) is 7. The largest absolute Gasteiger partial charge is 0.373 e. The third-order valence-corrected chi connectivity index (χ3v) is 5.77. The lowest BCUT2D eigenvalue weighted by Gasteiger charge is -2.09. The standard InChI is InChI=1S/C19H17ClN6O2S/c1-25-9-21-18-16(25)19(29)26(10-22-18)7-15-23-17(24-28-15)12-6-14(27-8-12)11-2-4-13(20)5-3-11/h2-5,9-10,12,14H,6-8H2,1H3/t12-,14+/m0/s1. The number of benzene rings is 1. The predicted molar refractivity (Wildman–Crippen MR) is 108 cm³/mol. The number of hydrogen-bond donors (Lipinski definition) is 0. The molecule has 0 aliphatic carbocycles. The molecule has 0 saturated carbocycles. The Kier molecular flexibility index (Phi) is 4.65. The lowest BCUT2D eigenvalue weighted by Crippen LogP contribution is -2.06. The van der Waals surface area contributed by atoms with Gasteiger partial charge in [0.1, 0.15) is 16.7 Å². The van der Waals surface area contributed by atoms with Crippen molar-refractivity contribution in [3.05, 3.63) is 63.9 Å². The SMILES string of the molecule is Cn1cnc2ncn(Cc3nc([C@@H]4CO[C@@H](c5ccc(Cl)cc5)C4)no3)c(=S)c21. The van der Waals surface area contributed by atoms with Crippen LogP contribution in [0.1, 0.15) is 35.7 Å². The second-order valence-electron chi connectivity index (χ2n) is 7.06. The van der Waals surface area contributed by atoms with Crippen molar-refractivity contribution in [1.29, 1.82) is 0 Å². The Morgan fingerprint density at radius 1 is 1.21 bits per heavy atom. The van der Waals surface area contributed by atoms with Gasteiger partial charge in [-0.25, -0.2) is 9.97 Å². The van der Waals surface area contributed by atoms with Gasteiger partial charge >= 0.3 is 0 Å². The van der Waals surface area contributed by atoms with E-state index in [1.54, 1.807) is 17.2 Å². The smallest absolute Gasteiger partial charge is 0.246 e. The molecule has 1 fully saturated rings. The summed E-state index contributed by atoms with van der Waals surface area (Å²) < 4.78 is 15.7. The predicted octanol–water partition coefficient (Wildman–Crippen LogP) is 3.83.